The van der Waals surface area contributed by atoms with Crippen LogP contribution in [-0.2, 0) is 0 Å². The molecule has 0 aliphatic carbocycles. The van der Waals surface area contributed by atoms with Gasteiger partial charge in [0, 0.05) is 6.07 Å². The van der Waals surface area contributed by atoms with Crippen LogP contribution in [0.15, 0.2) is 29.2 Å². The number of aromatic amines is 1. The standard InChI is InChI=1S/C9H6FN3O3/c10-5-1-2-7(11-4-5)13-8(14)3-6(12-13)9(15)16/h1-4,12H,(H,15,16). The number of rotatable bonds is 2. The predicted molar refractivity (Wildman–Crippen MR) is 51.1 cm³/mol. The summed E-state index contributed by atoms with van der Waals surface area (Å²) in [6.07, 6.45) is 0.934. The molecule has 0 saturated heterocycles. The first-order valence-corrected chi connectivity index (χ1v) is 4.25. The number of halogens is 1. The van der Waals surface area contributed by atoms with Crippen LogP contribution in [0, 0.1) is 5.82 Å². The molecule has 0 spiro atoms. The van der Waals surface area contributed by atoms with Crippen LogP contribution in [0.1, 0.15) is 10.5 Å². The van der Waals surface area contributed by atoms with Crippen molar-refractivity contribution >= 4 is 5.97 Å². The minimum absolute atomic E-state index is 0.124. The molecule has 2 rings (SSSR count). The number of H-pyrrole nitrogens is 1. The van der Waals surface area contributed by atoms with Crippen LogP contribution in [0.2, 0.25) is 0 Å². The molecular formula is C9H6FN3O3. The summed E-state index contributed by atoms with van der Waals surface area (Å²) >= 11 is 0. The smallest absolute Gasteiger partial charge is 0.353 e. The summed E-state index contributed by atoms with van der Waals surface area (Å²) in [5, 5.41) is 11.0. The van der Waals surface area contributed by atoms with Crippen molar-refractivity contribution in [3.8, 4) is 5.82 Å². The Morgan fingerprint density at radius 3 is 2.75 bits per heavy atom. The monoisotopic (exact) mass is 223 g/mol. The van der Waals surface area contributed by atoms with Crippen LogP contribution in [0.25, 0.3) is 5.82 Å². The molecule has 0 saturated carbocycles. The Bertz CT molecular complexity index is 585. The van der Waals surface area contributed by atoms with Gasteiger partial charge in [0.15, 0.2) is 5.82 Å². The quantitative estimate of drug-likeness (QED) is 0.771. The Balaban J connectivity index is 2.52. The van der Waals surface area contributed by atoms with E-state index in [1.54, 1.807) is 0 Å². The van der Waals surface area contributed by atoms with Crippen molar-refractivity contribution in [1.29, 1.82) is 0 Å². The zero-order valence-electron chi connectivity index (χ0n) is 7.85. The Kier molecular flexibility index (Phi) is 2.28. The van der Waals surface area contributed by atoms with E-state index in [1.807, 2.05) is 0 Å². The van der Waals surface area contributed by atoms with E-state index in [4.69, 9.17) is 5.11 Å². The van der Waals surface area contributed by atoms with Crippen LogP contribution >= 0.6 is 0 Å². The van der Waals surface area contributed by atoms with Crippen LogP contribution in [0.5, 0.6) is 0 Å². The molecule has 0 aromatic carbocycles. The summed E-state index contributed by atoms with van der Waals surface area (Å²) in [4.78, 5) is 25.6. The van der Waals surface area contributed by atoms with E-state index in [-0.39, 0.29) is 11.5 Å². The number of aromatic carboxylic acids is 1. The van der Waals surface area contributed by atoms with Gasteiger partial charge in [-0.05, 0) is 12.1 Å². The lowest BCUT2D eigenvalue weighted by Gasteiger charge is -1.99. The number of nitrogens with one attached hydrogen (secondary N) is 1. The maximum atomic E-state index is 12.6. The average Bonchev–Trinajstić information content (AvgIpc) is 2.62. The first kappa shape index (κ1) is 10.1. The van der Waals surface area contributed by atoms with Crippen molar-refractivity contribution in [2.24, 2.45) is 0 Å². The molecule has 0 radical (unpaired) electrons. The highest BCUT2D eigenvalue weighted by Gasteiger charge is 2.10. The van der Waals surface area contributed by atoms with Gasteiger partial charge in [-0.3, -0.25) is 9.89 Å². The van der Waals surface area contributed by atoms with Gasteiger partial charge in [0.1, 0.15) is 11.5 Å². The molecule has 0 aliphatic rings. The average molecular weight is 223 g/mol. The van der Waals surface area contributed by atoms with Crippen molar-refractivity contribution < 1.29 is 14.3 Å². The number of carboxylic acids is 1. The second kappa shape index (κ2) is 3.61. The minimum Gasteiger partial charge on any atom is -0.477 e. The number of pyridine rings is 1. The molecule has 0 bridgehead atoms. The SMILES string of the molecule is O=C(O)c1cc(=O)n(-c2ccc(F)cn2)[nH]1. The fourth-order valence-corrected chi connectivity index (χ4v) is 1.18. The number of hydrogen-bond acceptors (Lipinski definition) is 3. The summed E-state index contributed by atoms with van der Waals surface area (Å²) < 4.78 is 13.5. The molecule has 0 atom stereocenters. The number of nitrogens with zero attached hydrogens (tertiary/aromatic N) is 2. The second-order valence-electron chi connectivity index (χ2n) is 2.98. The summed E-state index contributed by atoms with van der Waals surface area (Å²) in [7, 11) is 0. The highest BCUT2D eigenvalue weighted by Crippen LogP contribution is 2.02. The highest BCUT2D eigenvalue weighted by atomic mass is 19.1. The maximum absolute atomic E-state index is 12.6. The maximum Gasteiger partial charge on any atom is 0.353 e. The predicted octanol–water partition coefficient (Wildman–Crippen LogP) is 0.398. The van der Waals surface area contributed by atoms with Crippen LogP contribution in [0.3, 0.4) is 0 Å². The minimum atomic E-state index is -1.25. The van der Waals surface area contributed by atoms with E-state index in [9.17, 15) is 14.0 Å². The van der Waals surface area contributed by atoms with E-state index >= 15 is 0 Å². The zero-order chi connectivity index (χ0) is 11.7. The number of aromatic nitrogens is 3. The Labute approximate surface area is 88.0 Å². The van der Waals surface area contributed by atoms with Crippen molar-refractivity contribution in [2.75, 3.05) is 0 Å². The van der Waals surface area contributed by atoms with Gasteiger partial charge in [-0.15, -0.1) is 0 Å². The van der Waals surface area contributed by atoms with Gasteiger partial charge < -0.3 is 5.11 Å². The normalized spacial score (nSPS) is 10.3. The Morgan fingerprint density at radius 1 is 1.50 bits per heavy atom. The molecule has 0 aliphatic heterocycles. The topological polar surface area (TPSA) is 88.0 Å². The second-order valence-corrected chi connectivity index (χ2v) is 2.98. The van der Waals surface area contributed by atoms with Gasteiger partial charge in [-0.2, -0.15) is 0 Å². The zero-order valence-corrected chi connectivity index (χ0v) is 7.85. The number of carboxylic acid groups (broad SMARTS) is 1. The lowest BCUT2D eigenvalue weighted by Crippen LogP contribution is -2.14. The summed E-state index contributed by atoms with van der Waals surface area (Å²) in [5.41, 5.74) is -0.826. The molecule has 7 heteroatoms. The third kappa shape index (κ3) is 1.70. The molecule has 2 aromatic rings. The van der Waals surface area contributed by atoms with Gasteiger partial charge in [0.05, 0.1) is 6.20 Å². The van der Waals surface area contributed by atoms with Crippen molar-refractivity contribution in [3.05, 3.63) is 46.3 Å². The van der Waals surface area contributed by atoms with Crippen molar-refractivity contribution in [3.63, 3.8) is 0 Å². The highest BCUT2D eigenvalue weighted by molar-refractivity contribution is 5.85. The largest absolute Gasteiger partial charge is 0.477 e. The molecule has 0 amide bonds. The van der Waals surface area contributed by atoms with Crippen LogP contribution < -0.4 is 5.56 Å². The Morgan fingerprint density at radius 2 is 2.25 bits per heavy atom. The fourth-order valence-electron chi connectivity index (χ4n) is 1.18. The number of hydrogen-bond donors (Lipinski definition) is 2. The lowest BCUT2D eigenvalue weighted by molar-refractivity contribution is 0.0690. The molecule has 2 N–H and O–H groups in total. The number of carbonyl (C=O) groups is 1. The van der Waals surface area contributed by atoms with Crippen LogP contribution in [-0.4, -0.2) is 25.8 Å². The van der Waals surface area contributed by atoms with E-state index in [0.717, 1.165) is 23.0 Å². The third-order valence-corrected chi connectivity index (χ3v) is 1.89. The fraction of sp³-hybridized carbons (Fsp3) is 0. The molecule has 0 unspecified atom stereocenters. The molecule has 16 heavy (non-hydrogen) atoms. The van der Waals surface area contributed by atoms with Gasteiger partial charge in [0.25, 0.3) is 5.56 Å². The summed E-state index contributed by atoms with van der Waals surface area (Å²) in [6.45, 7) is 0. The molecule has 0 fully saturated rings. The van der Waals surface area contributed by atoms with Crippen molar-refractivity contribution in [1.82, 2.24) is 14.8 Å². The van der Waals surface area contributed by atoms with E-state index in [0.29, 0.717) is 0 Å². The molecule has 6 nitrogen and oxygen atoms in total. The third-order valence-electron chi connectivity index (χ3n) is 1.89. The van der Waals surface area contributed by atoms with Crippen LogP contribution in [0.4, 0.5) is 4.39 Å². The molecule has 82 valence electrons. The lowest BCUT2D eigenvalue weighted by atomic mass is 10.4. The van der Waals surface area contributed by atoms with Gasteiger partial charge in [-0.1, -0.05) is 0 Å². The molecule has 2 aromatic heterocycles. The van der Waals surface area contributed by atoms with Gasteiger partial charge >= 0.3 is 5.97 Å². The molecular weight excluding hydrogens is 217 g/mol. The van der Waals surface area contributed by atoms with Gasteiger partial charge in [-0.25, -0.2) is 18.9 Å². The van der Waals surface area contributed by atoms with E-state index in [2.05, 4.69) is 10.1 Å². The first-order valence-electron chi connectivity index (χ1n) is 4.25. The molecule has 2 heterocycles. The summed E-state index contributed by atoms with van der Waals surface area (Å²) in [6, 6.07) is 3.31. The van der Waals surface area contributed by atoms with E-state index < -0.39 is 17.3 Å². The van der Waals surface area contributed by atoms with Crippen molar-refractivity contribution in [2.45, 2.75) is 0 Å². The van der Waals surface area contributed by atoms with Gasteiger partial charge in [0.2, 0.25) is 0 Å². The van der Waals surface area contributed by atoms with E-state index in [1.165, 1.54) is 6.07 Å². The Hall–Kier alpha value is -2.44. The first-order chi connectivity index (χ1) is 7.58. The summed E-state index contributed by atoms with van der Waals surface area (Å²) in [5.74, 6) is -1.67.